The van der Waals surface area contributed by atoms with Gasteiger partial charge in [0.15, 0.2) is 0 Å². The number of ether oxygens (including phenoxy) is 1. The highest BCUT2D eigenvalue weighted by molar-refractivity contribution is 5.89. The third-order valence-corrected chi connectivity index (χ3v) is 5.67. The van der Waals surface area contributed by atoms with Crippen LogP contribution in [0.5, 0.6) is 0 Å². The van der Waals surface area contributed by atoms with Gasteiger partial charge in [-0.2, -0.15) is 0 Å². The van der Waals surface area contributed by atoms with Crippen molar-refractivity contribution in [1.82, 2.24) is 10.6 Å². The maximum Gasteiger partial charge on any atom is 0.227 e. The maximum absolute atomic E-state index is 13.0. The first-order valence-corrected chi connectivity index (χ1v) is 9.66. The van der Waals surface area contributed by atoms with Gasteiger partial charge >= 0.3 is 0 Å². The number of allylic oxidation sites excluding steroid dienone is 2. The van der Waals surface area contributed by atoms with Crippen molar-refractivity contribution < 1.29 is 14.3 Å². The van der Waals surface area contributed by atoms with Gasteiger partial charge in [0, 0.05) is 31.7 Å². The molecule has 0 aromatic carbocycles. The van der Waals surface area contributed by atoms with Crippen molar-refractivity contribution in [1.29, 1.82) is 0 Å². The normalized spacial score (nSPS) is 28.3. The number of rotatable bonds is 5. The van der Waals surface area contributed by atoms with E-state index in [0.29, 0.717) is 26.1 Å². The molecule has 0 spiro atoms. The van der Waals surface area contributed by atoms with E-state index in [2.05, 4.69) is 34.9 Å². The molecule has 1 heterocycles. The first kappa shape index (κ1) is 18.2. The van der Waals surface area contributed by atoms with Gasteiger partial charge in [0.05, 0.1) is 5.41 Å². The molecule has 0 aromatic rings. The molecule has 5 heteroatoms. The highest BCUT2D eigenvalue weighted by atomic mass is 16.5. The standard InChI is InChI=1S/C20H30N2O3/c23-18(21-16-7-3-1-4-8-16)15-20(11-13-25-14-12-20)19(24)22-17-9-5-2-6-10-17/h1-3,5,16-17H,4,6-15H2,(H,21,23)(H,22,24)/t16-,17+/m0/s1. The van der Waals surface area contributed by atoms with Crippen LogP contribution in [0.2, 0.25) is 0 Å². The Morgan fingerprint density at radius 3 is 2.08 bits per heavy atom. The van der Waals surface area contributed by atoms with Crippen molar-refractivity contribution in [3.8, 4) is 0 Å². The van der Waals surface area contributed by atoms with Crippen LogP contribution in [0.15, 0.2) is 24.3 Å². The Kier molecular flexibility index (Phi) is 6.29. The van der Waals surface area contributed by atoms with E-state index < -0.39 is 5.41 Å². The van der Waals surface area contributed by atoms with E-state index in [1.54, 1.807) is 0 Å². The van der Waals surface area contributed by atoms with Crippen LogP contribution in [0, 0.1) is 5.41 Å². The van der Waals surface area contributed by atoms with Gasteiger partial charge in [-0.3, -0.25) is 9.59 Å². The van der Waals surface area contributed by atoms with Crippen LogP contribution >= 0.6 is 0 Å². The van der Waals surface area contributed by atoms with E-state index in [-0.39, 0.29) is 30.3 Å². The number of hydrogen-bond acceptors (Lipinski definition) is 3. The van der Waals surface area contributed by atoms with Crippen LogP contribution in [0.3, 0.4) is 0 Å². The first-order chi connectivity index (χ1) is 12.2. The zero-order chi connectivity index (χ0) is 17.5. The van der Waals surface area contributed by atoms with Gasteiger partial charge in [-0.25, -0.2) is 0 Å². The van der Waals surface area contributed by atoms with Crippen molar-refractivity contribution in [2.75, 3.05) is 13.2 Å². The number of hydrogen-bond donors (Lipinski definition) is 2. The lowest BCUT2D eigenvalue weighted by Gasteiger charge is -2.37. The molecule has 5 nitrogen and oxygen atoms in total. The largest absolute Gasteiger partial charge is 0.381 e. The fourth-order valence-electron chi connectivity index (χ4n) is 4.02. The highest BCUT2D eigenvalue weighted by Gasteiger charge is 2.42. The van der Waals surface area contributed by atoms with Gasteiger partial charge in [-0.1, -0.05) is 24.3 Å². The lowest BCUT2D eigenvalue weighted by atomic mass is 9.75. The number of nitrogens with one attached hydrogen (secondary N) is 2. The zero-order valence-electron chi connectivity index (χ0n) is 15.0. The number of carbonyl (C=O) groups excluding carboxylic acids is 2. The van der Waals surface area contributed by atoms with Gasteiger partial charge in [0.1, 0.15) is 0 Å². The van der Waals surface area contributed by atoms with Gasteiger partial charge in [0.2, 0.25) is 11.8 Å². The summed E-state index contributed by atoms with van der Waals surface area (Å²) in [5, 5.41) is 6.33. The van der Waals surface area contributed by atoms with Crippen molar-refractivity contribution in [3.05, 3.63) is 24.3 Å². The molecular formula is C20H30N2O3. The fraction of sp³-hybridized carbons (Fsp3) is 0.700. The third-order valence-electron chi connectivity index (χ3n) is 5.67. The molecule has 3 rings (SSSR count). The molecule has 2 aliphatic carbocycles. The molecule has 0 unspecified atom stereocenters. The van der Waals surface area contributed by atoms with Gasteiger partial charge in [-0.15, -0.1) is 0 Å². The minimum atomic E-state index is -0.617. The van der Waals surface area contributed by atoms with E-state index in [1.807, 2.05) is 0 Å². The quantitative estimate of drug-likeness (QED) is 0.752. The minimum absolute atomic E-state index is 0.000824. The summed E-state index contributed by atoms with van der Waals surface area (Å²) in [4.78, 5) is 25.6. The Balaban J connectivity index is 1.60. The van der Waals surface area contributed by atoms with Crippen LogP contribution in [-0.2, 0) is 14.3 Å². The van der Waals surface area contributed by atoms with Crippen LogP contribution < -0.4 is 10.6 Å². The van der Waals surface area contributed by atoms with Crippen LogP contribution in [0.4, 0.5) is 0 Å². The summed E-state index contributed by atoms with van der Waals surface area (Å²) in [6, 6.07) is 0.407. The molecule has 138 valence electrons. The molecule has 2 amide bonds. The van der Waals surface area contributed by atoms with Crippen LogP contribution in [0.1, 0.15) is 57.8 Å². The lowest BCUT2D eigenvalue weighted by molar-refractivity contribution is -0.143. The SMILES string of the molecule is O=C(CC1(C(=O)N[C@@H]2CC=CCC2)CCOCC1)N[C@H]1CC=CCC1. The molecule has 3 aliphatic rings. The van der Waals surface area contributed by atoms with Crippen molar-refractivity contribution in [3.63, 3.8) is 0 Å². The second-order valence-electron chi connectivity index (χ2n) is 7.57. The van der Waals surface area contributed by atoms with Crippen LogP contribution in [-0.4, -0.2) is 37.1 Å². The summed E-state index contributed by atoms with van der Waals surface area (Å²) in [5.74, 6) is 0.0377. The molecule has 25 heavy (non-hydrogen) atoms. The summed E-state index contributed by atoms with van der Waals surface area (Å²) in [6.07, 6.45) is 15.9. The van der Waals surface area contributed by atoms with E-state index in [4.69, 9.17) is 4.74 Å². The summed E-state index contributed by atoms with van der Waals surface area (Å²) < 4.78 is 5.46. The second-order valence-corrected chi connectivity index (χ2v) is 7.57. The Morgan fingerprint density at radius 1 is 0.920 bits per heavy atom. The maximum atomic E-state index is 13.0. The molecular weight excluding hydrogens is 316 g/mol. The van der Waals surface area contributed by atoms with E-state index in [9.17, 15) is 9.59 Å². The van der Waals surface area contributed by atoms with E-state index >= 15 is 0 Å². The summed E-state index contributed by atoms with van der Waals surface area (Å²) in [5.41, 5.74) is -0.617. The van der Waals surface area contributed by atoms with Crippen molar-refractivity contribution in [2.45, 2.75) is 69.9 Å². The fourth-order valence-corrected chi connectivity index (χ4v) is 4.02. The van der Waals surface area contributed by atoms with E-state index in [0.717, 1.165) is 38.5 Å². The predicted octanol–water partition coefficient (Wildman–Crippen LogP) is 2.62. The Hall–Kier alpha value is -1.62. The number of carbonyl (C=O) groups is 2. The molecule has 2 atom stereocenters. The van der Waals surface area contributed by atoms with Gasteiger partial charge < -0.3 is 15.4 Å². The Bertz CT molecular complexity index is 535. The Morgan fingerprint density at radius 2 is 1.52 bits per heavy atom. The average molecular weight is 346 g/mol. The van der Waals surface area contributed by atoms with Gasteiger partial charge in [-0.05, 0) is 51.4 Å². The second kappa shape index (κ2) is 8.65. The van der Waals surface area contributed by atoms with Crippen molar-refractivity contribution in [2.24, 2.45) is 5.41 Å². The van der Waals surface area contributed by atoms with Crippen LogP contribution in [0.25, 0.3) is 0 Å². The lowest BCUT2D eigenvalue weighted by Crippen LogP contribution is -2.51. The summed E-state index contributed by atoms with van der Waals surface area (Å²) >= 11 is 0. The third kappa shape index (κ3) is 4.94. The molecule has 1 aliphatic heterocycles. The molecule has 0 radical (unpaired) electrons. The molecule has 0 aromatic heterocycles. The number of amides is 2. The molecule has 1 saturated heterocycles. The predicted molar refractivity (Wildman–Crippen MR) is 96.9 cm³/mol. The summed E-state index contributed by atoms with van der Waals surface area (Å²) in [6.45, 7) is 1.11. The first-order valence-electron chi connectivity index (χ1n) is 9.66. The highest BCUT2D eigenvalue weighted by Crippen LogP contribution is 2.35. The van der Waals surface area contributed by atoms with Crippen molar-refractivity contribution >= 4 is 11.8 Å². The van der Waals surface area contributed by atoms with E-state index in [1.165, 1.54) is 0 Å². The topological polar surface area (TPSA) is 67.4 Å². The molecule has 1 fully saturated rings. The van der Waals surface area contributed by atoms with Gasteiger partial charge in [0.25, 0.3) is 0 Å². The molecule has 0 saturated carbocycles. The average Bonchev–Trinajstić information content (AvgIpc) is 2.64. The monoisotopic (exact) mass is 346 g/mol. The minimum Gasteiger partial charge on any atom is -0.381 e. The molecule has 2 N–H and O–H groups in total. The summed E-state index contributed by atoms with van der Waals surface area (Å²) in [7, 11) is 0. The molecule has 0 bridgehead atoms. The Labute approximate surface area is 150 Å². The smallest absolute Gasteiger partial charge is 0.227 e. The zero-order valence-corrected chi connectivity index (χ0v) is 15.0.